The maximum absolute atomic E-state index is 10.6. The molecule has 1 aromatic carbocycles. The molecule has 3 aromatic rings. The molecular formula is C19H18N4OS. The van der Waals surface area contributed by atoms with E-state index in [9.17, 15) is 5.11 Å². The molecule has 0 radical (unpaired) electrons. The van der Waals surface area contributed by atoms with E-state index < -0.39 is 0 Å². The quantitative estimate of drug-likeness (QED) is 0.709. The highest BCUT2D eigenvalue weighted by atomic mass is 32.2. The predicted molar refractivity (Wildman–Crippen MR) is 98.9 cm³/mol. The Balaban J connectivity index is 1.97. The standard InChI is InChI=1S/C19H18N4OS/c1-12(2)25-16-8-9-17(21-11-16)23-19(24)18(13(3)22-23)15-6-4-14(10-20)5-7-15/h4-9,11-12,24H,1-3H3. The van der Waals surface area contributed by atoms with E-state index in [1.807, 2.05) is 31.2 Å². The molecule has 0 fully saturated rings. The first kappa shape index (κ1) is 17.1. The summed E-state index contributed by atoms with van der Waals surface area (Å²) in [6.07, 6.45) is 1.79. The number of aromatic hydroxyl groups is 1. The summed E-state index contributed by atoms with van der Waals surface area (Å²) in [5, 5.41) is 24.5. The van der Waals surface area contributed by atoms with Gasteiger partial charge in [-0.3, -0.25) is 0 Å². The van der Waals surface area contributed by atoms with Crippen molar-refractivity contribution < 1.29 is 5.11 Å². The van der Waals surface area contributed by atoms with Crippen LogP contribution in [0, 0.1) is 18.3 Å². The van der Waals surface area contributed by atoms with Crippen LogP contribution in [-0.4, -0.2) is 25.1 Å². The Morgan fingerprint density at radius 3 is 2.44 bits per heavy atom. The van der Waals surface area contributed by atoms with Crippen LogP contribution in [0.25, 0.3) is 16.9 Å². The first-order chi connectivity index (χ1) is 12.0. The molecule has 0 saturated carbocycles. The van der Waals surface area contributed by atoms with Gasteiger partial charge in [0.25, 0.3) is 0 Å². The van der Waals surface area contributed by atoms with Crippen molar-refractivity contribution in [2.24, 2.45) is 0 Å². The number of thioether (sulfide) groups is 1. The molecule has 0 aliphatic heterocycles. The highest BCUT2D eigenvalue weighted by Crippen LogP contribution is 2.34. The Morgan fingerprint density at radius 1 is 1.16 bits per heavy atom. The molecular weight excluding hydrogens is 332 g/mol. The number of pyridine rings is 1. The van der Waals surface area contributed by atoms with Crippen molar-refractivity contribution in [2.45, 2.75) is 30.9 Å². The van der Waals surface area contributed by atoms with Gasteiger partial charge in [-0.15, -0.1) is 11.8 Å². The van der Waals surface area contributed by atoms with E-state index in [0.29, 0.717) is 27.9 Å². The average Bonchev–Trinajstić information content (AvgIpc) is 2.90. The third-order valence-corrected chi connectivity index (χ3v) is 4.63. The molecule has 25 heavy (non-hydrogen) atoms. The van der Waals surface area contributed by atoms with Gasteiger partial charge in [-0.1, -0.05) is 26.0 Å². The molecule has 0 saturated heterocycles. The molecule has 1 N–H and O–H groups in total. The van der Waals surface area contributed by atoms with E-state index >= 15 is 0 Å². The van der Waals surface area contributed by atoms with Gasteiger partial charge in [0, 0.05) is 16.3 Å². The van der Waals surface area contributed by atoms with Gasteiger partial charge in [0.2, 0.25) is 5.88 Å². The van der Waals surface area contributed by atoms with Crippen molar-refractivity contribution in [3.05, 3.63) is 53.9 Å². The summed E-state index contributed by atoms with van der Waals surface area (Å²) in [5.41, 5.74) is 2.73. The zero-order chi connectivity index (χ0) is 18.0. The number of aromatic nitrogens is 3. The van der Waals surface area contributed by atoms with E-state index in [4.69, 9.17) is 5.26 Å². The van der Waals surface area contributed by atoms with Crippen LogP contribution in [0.4, 0.5) is 0 Å². The number of nitrogens with zero attached hydrogens (tertiary/aromatic N) is 4. The zero-order valence-corrected chi connectivity index (χ0v) is 15.1. The van der Waals surface area contributed by atoms with Gasteiger partial charge in [0.05, 0.1) is 22.9 Å². The van der Waals surface area contributed by atoms with E-state index in [1.165, 1.54) is 4.68 Å². The number of hydrogen-bond acceptors (Lipinski definition) is 5. The fourth-order valence-electron chi connectivity index (χ4n) is 2.56. The fourth-order valence-corrected chi connectivity index (χ4v) is 3.37. The van der Waals surface area contributed by atoms with Crippen LogP contribution in [0.5, 0.6) is 5.88 Å². The molecule has 0 bridgehead atoms. The van der Waals surface area contributed by atoms with Gasteiger partial charge >= 0.3 is 0 Å². The molecule has 0 spiro atoms. The van der Waals surface area contributed by atoms with Gasteiger partial charge in [0.15, 0.2) is 5.82 Å². The monoisotopic (exact) mass is 350 g/mol. The van der Waals surface area contributed by atoms with Crippen LogP contribution in [-0.2, 0) is 0 Å². The summed E-state index contributed by atoms with van der Waals surface area (Å²) < 4.78 is 1.44. The fraction of sp³-hybridized carbons (Fsp3) is 0.211. The van der Waals surface area contributed by atoms with Crippen LogP contribution < -0.4 is 0 Å². The van der Waals surface area contributed by atoms with Crippen molar-refractivity contribution in [1.29, 1.82) is 5.26 Å². The summed E-state index contributed by atoms with van der Waals surface area (Å²) in [6.45, 7) is 6.10. The Morgan fingerprint density at radius 2 is 1.88 bits per heavy atom. The molecule has 2 heterocycles. The van der Waals surface area contributed by atoms with Gasteiger partial charge in [-0.25, -0.2) is 4.98 Å². The van der Waals surface area contributed by atoms with Crippen molar-refractivity contribution in [3.8, 4) is 28.9 Å². The number of aryl methyl sites for hydroxylation is 1. The maximum Gasteiger partial charge on any atom is 0.223 e. The third kappa shape index (κ3) is 3.52. The third-order valence-electron chi connectivity index (χ3n) is 3.65. The number of nitriles is 1. The average molecular weight is 350 g/mol. The summed E-state index contributed by atoms with van der Waals surface area (Å²) in [7, 11) is 0. The summed E-state index contributed by atoms with van der Waals surface area (Å²) in [5.74, 6) is 0.604. The van der Waals surface area contributed by atoms with E-state index in [0.717, 1.165) is 10.5 Å². The molecule has 126 valence electrons. The van der Waals surface area contributed by atoms with Crippen LogP contribution in [0.1, 0.15) is 25.1 Å². The lowest BCUT2D eigenvalue weighted by Gasteiger charge is -2.06. The molecule has 2 aromatic heterocycles. The first-order valence-corrected chi connectivity index (χ1v) is 8.79. The minimum atomic E-state index is 0.0407. The minimum absolute atomic E-state index is 0.0407. The van der Waals surface area contributed by atoms with Gasteiger partial charge in [-0.2, -0.15) is 15.0 Å². The molecule has 0 unspecified atom stereocenters. The van der Waals surface area contributed by atoms with E-state index in [1.54, 1.807) is 30.1 Å². The van der Waals surface area contributed by atoms with Gasteiger partial charge in [0.1, 0.15) is 0 Å². The first-order valence-electron chi connectivity index (χ1n) is 7.92. The number of hydrogen-bond donors (Lipinski definition) is 1. The van der Waals surface area contributed by atoms with Crippen LogP contribution in [0.3, 0.4) is 0 Å². The summed E-state index contributed by atoms with van der Waals surface area (Å²) in [4.78, 5) is 5.49. The smallest absolute Gasteiger partial charge is 0.223 e. The lowest BCUT2D eigenvalue weighted by Crippen LogP contribution is -1.99. The number of benzene rings is 1. The highest BCUT2D eigenvalue weighted by Gasteiger charge is 2.18. The normalized spacial score (nSPS) is 10.8. The second-order valence-corrected chi connectivity index (χ2v) is 7.55. The van der Waals surface area contributed by atoms with Crippen LogP contribution >= 0.6 is 11.8 Å². The second kappa shape index (κ2) is 6.99. The van der Waals surface area contributed by atoms with Crippen molar-refractivity contribution in [3.63, 3.8) is 0 Å². The van der Waals surface area contributed by atoms with E-state index in [2.05, 4.69) is 30.0 Å². The van der Waals surface area contributed by atoms with Crippen molar-refractivity contribution in [1.82, 2.24) is 14.8 Å². The molecule has 0 aliphatic rings. The second-order valence-electron chi connectivity index (χ2n) is 5.90. The lowest BCUT2D eigenvalue weighted by molar-refractivity contribution is 0.433. The molecule has 5 nitrogen and oxygen atoms in total. The summed E-state index contributed by atoms with van der Waals surface area (Å²) in [6, 6.07) is 13.0. The SMILES string of the molecule is Cc1nn(-c2ccc(SC(C)C)cn2)c(O)c1-c1ccc(C#N)cc1. The van der Waals surface area contributed by atoms with Crippen LogP contribution in [0.15, 0.2) is 47.5 Å². The van der Waals surface area contributed by atoms with Crippen molar-refractivity contribution >= 4 is 11.8 Å². The maximum atomic E-state index is 10.6. The van der Waals surface area contributed by atoms with Crippen molar-refractivity contribution in [2.75, 3.05) is 0 Å². The Hall–Kier alpha value is -2.78. The van der Waals surface area contributed by atoms with Gasteiger partial charge < -0.3 is 5.11 Å². The highest BCUT2D eigenvalue weighted by molar-refractivity contribution is 7.99. The van der Waals surface area contributed by atoms with Crippen LogP contribution in [0.2, 0.25) is 0 Å². The predicted octanol–water partition coefficient (Wildman–Crippen LogP) is 4.32. The summed E-state index contributed by atoms with van der Waals surface area (Å²) >= 11 is 1.73. The molecule has 0 atom stereocenters. The number of rotatable bonds is 4. The zero-order valence-electron chi connectivity index (χ0n) is 14.3. The Kier molecular flexibility index (Phi) is 4.77. The molecule has 0 amide bonds. The topological polar surface area (TPSA) is 74.7 Å². The van der Waals surface area contributed by atoms with Gasteiger partial charge in [-0.05, 0) is 36.8 Å². The minimum Gasteiger partial charge on any atom is -0.493 e. The Bertz CT molecular complexity index is 922. The lowest BCUT2D eigenvalue weighted by atomic mass is 10.0. The van der Waals surface area contributed by atoms with E-state index in [-0.39, 0.29) is 5.88 Å². The largest absolute Gasteiger partial charge is 0.493 e. The molecule has 0 aliphatic carbocycles. The molecule has 6 heteroatoms. The Labute approximate surface area is 151 Å². The molecule has 3 rings (SSSR count).